The van der Waals surface area contributed by atoms with Crippen LogP contribution in [0.15, 0.2) is 11.1 Å². The molecule has 0 aliphatic heterocycles. The molecule has 0 fully saturated rings. The number of imidazole rings is 1. The molecule has 0 aliphatic rings. The van der Waals surface area contributed by atoms with Gasteiger partial charge in [-0.3, -0.25) is 9.89 Å². The number of nitrogen functional groups attached to an aromatic ring is 1. The van der Waals surface area contributed by atoms with Crippen LogP contribution in [0.4, 0.5) is 5.95 Å². The van der Waals surface area contributed by atoms with E-state index in [2.05, 4.69) is 25.1 Å². The predicted molar refractivity (Wildman–Crippen MR) is 74.3 cm³/mol. The van der Waals surface area contributed by atoms with Crippen LogP contribution in [-0.2, 0) is 0 Å². The molecule has 0 spiro atoms. The van der Waals surface area contributed by atoms with E-state index in [0.29, 0.717) is 22.5 Å². The van der Waals surface area contributed by atoms with Crippen LogP contribution in [0.1, 0.15) is 11.4 Å². The first-order valence-corrected chi connectivity index (χ1v) is 5.89. The summed E-state index contributed by atoms with van der Waals surface area (Å²) in [6, 6.07) is 0. The smallest absolute Gasteiger partial charge is 0.291 e. The van der Waals surface area contributed by atoms with E-state index in [1.807, 2.05) is 6.92 Å². The van der Waals surface area contributed by atoms with Crippen molar-refractivity contribution in [3.8, 4) is 5.69 Å². The lowest BCUT2D eigenvalue weighted by Crippen LogP contribution is -2.24. The SMILES string of the molecule is Cc1n[nH]c(C)c1-n1c(N)nc2nc[nH]c2c1=O.O=[N+]([O-])O. The van der Waals surface area contributed by atoms with Gasteiger partial charge in [0.25, 0.3) is 10.6 Å². The van der Waals surface area contributed by atoms with Crippen molar-refractivity contribution in [3.63, 3.8) is 0 Å². The fourth-order valence-electron chi connectivity index (χ4n) is 1.99. The fraction of sp³-hybridized carbons (Fsp3) is 0.200. The van der Waals surface area contributed by atoms with Crippen LogP contribution in [-0.4, -0.2) is 40.0 Å². The normalized spacial score (nSPS) is 10.3. The number of anilines is 1. The summed E-state index contributed by atoms with van der Waals surface area (Å²) in [6.45, 7) is 3.61. The number of rotatable bonds is 1. The first-order chi connectivity index (χ1) is 10.3. The molecule has 5 N–H and O–H groups in total. The first kappa shape index (κ1) is 15.0. The second kappa shape index (κ2) is 5.51. The number of aromatic nitrogens is 6. The summed E-state index contributed by atoms with van der Waals surface area (Å²) in [5, 5.41) is 20.5. The summed E-state index contributed by atoms with van der Waals surface area (Å²) >= 11 is 0. The van der Waals surface area contributed by atoms with Gasteiger partial charge in [0.1, 0.15) is 0 Å². The Balaban J connectivity index is 0.000000396. The monoisotopic (exact) mass is 308 g/mol. The summed E-state index contributed by atoms with van der Waals surface area (Å²) < 4.78 is 1.33. The van der Waals surface area contributed by atoms with Gasteiger partial charge in [-0.05, 0) is 13.8 Å². The number of hydrogen-bond donors (Lipinski definition) is 4. The molecule has 3 rings (SSSR count). The zero-order valence-corrected chi connectivity index (χ0v) is 11.6. The molecule has 22 heavy (non-hydrogen) atoms. The van der Waals surface area contributed by atoms with Gasteiger partial charge < -0.3 is 15.9 Å². The molecule has 0 unspecified atom stereocenters. The van der Waals surface area contributed by atoms with E-state index in [9.17, 15) is 4.79 Å². The Morgan fingerprint density at radius 2 is 2.09 bits per heavy atom. The Kier molecular flexibility index (Phi) is 3.75. The average molecular weight is 308 g/mol. The third kappa shape index (κ3) is 2.56. The third-order valence-electron chi connectivity index (χ3n) is 2.80. The van der Waals surface area contributed by atoms with Gasteiger partial charge in [-0.25, -0.2) is 9.55 Å². The summed E-state index contributed by atoms with van der Waals surface area (Å²) in [4.78, 5) is 31.5. The van der Waals surface area contributed by atoms with Gasteiger partial charge >= 0.3 is 0 Å². The number of nitrogens with zero attached hydrogens (tertiary/aromatic N) is 5. The molecule has 3 heterocycles. The molecule has 0 aromatic carbocycles. The van der Waals surface area contributed by atoms with Gasteiger partial charge in [0, 0.05) is 0 Å². The maximum Gasteiger partial charge on any atom is 0.291 e. The molecule has 116 valence electrons. The number of nitrogens with one attached hydrogen (secondary N) is 2. The molecule has 0 saturated heterocycles. The quantitative estimate of drug-likeness (QED) is 0.348. The molecule has 0 amide bonds. The highest BCUT2D eigenvalue weighted by Gasteiger charge is 2.17. The summed E-state index contributed by atoms with van der Waals surface area (Å²) in [6.07, 6.45) is 1.41. The maximum atomic E-state index is 12.3. The van der Waals surface area contributed by atoms with Crippen LogP contribution in [0.3, 0.4) is 0 Å². The van der Waals surface area contributed by atoms with E-state index in [0.717, 1.165) is 5.69 Å². The Hall–Kier alpha value is -3.44. The van der Waals surface area contributed by atoms with Gasteiger partial charge in [-0.2, -0.15) is 10.1 Å². The van der Waals surface area contributed by atoms with Gasteiger partial charge in [0.2, 0.25) is 5.95 Å². The standard InChI is InChI=1S/C10H11N7O.HNO3/c1-4-7(5(2)16-15-4)17-9(18)6-8(13-3-12-6)14-10(17)11;2-1(3)4/h3H,1-2H3,(H2,11,14)(H,12,13)(H,15,16);(H,2,3,4). The van der Waals surface area contributed by atoms with E-state index in [1.165, 1.54) is 10.9 Å². The average Bonchev–Trinajstić information content (AvgIpc) is 2.99. The second-order valence-electron chi connectivity index (χ2n) is 4.23. The highest BCUT2D eigenvalue weighted by atomic mass is 16.9. The minimum absolute atomic E-state index is 0.0900. The number of H-pyrrole nitrogens is 2. The molecule has 3 aromatic heterocycles. The number of hydrogen-bond acceptors (Lipinski definition) is 7. The molecular weight excluding hydrogens is 296 g/mol. The van der Waals surface area contributed by atoms with Crippen molar-refractivity contribution in [2.24, 2.45) is 0 Å². The van der Waals surface area contributed by atoms with Crippen LogP contribution in [0.25, 0.3) is 16.9 Å². The summed E-state index contributed by atoms with van der Waals surface area (Å²) in [7, 11) is 0. The van der Waals surface area contributed by atoms with Crippen LogP contribution in [0.5, 0.6) is 0 Å². The Morgan fingerprint density at radius 3 is 2.64 bits per heavy atom. The van der Waals surface area contributed by atoms with Crippen molar-refractivity contribution in [1.29, 1.82) is 0 Å². The highest BCUT2D eigenvalue weighted by Crippen LogP contribution is 2.17. The lowest BCUT2D eigenvalue weighted by Gasteiger charge is -2.08. The van der Waals surface area contributed by atoms with Crippen molar-refractivity contribution in [2.75, 3.05) is 5.73 Å². The van der Waals surface area contributed by atoms with Crippen LogP contribution in [0.2, 0.25) is 0 Å². The van der Waals surface area contributed by atoms with E-state index < -0.39 is 5.09 Å². The zero-order valence-electron chi connectivity index (χ0n) is 11.6. The van der Waals surface area contributed by atoms with Crippen molar-refractivity contribution in [3.05, 3.63) is 38.2 Å². The molecule has 0 radical (unpaired) electrons. The minimum atomic E-state index is -1.50. The number of aromatic amines is 2. The topological polar surface area (TPSA) is 182 Å². The molecule has 3 aromatic rings. The van der Waals surface area contributed by atoms with Gasteiger partial charge in [-0.1, -0.05) is 0 Å². The molecule has 0 bridgehead atoms. The van der Waals surface area contributed by atoms with E-state index in [4.69, 9.17) is 21.1 Å². The van der Waals surface area contributed by atoms with Crippen LogP contribution >= 0.6 is 0 Å². The lowest BCUT2D eigenvalue weighted by molar-refractivity contribution is -0.742. The highest BCUT2D eigenvalue weighted by molar-refractivity contribution is 5.71. The van der Waals surface area contributed by atoms with E-state index in [1.54, 1.807) is 6.92 Å². The van der Waals surface area contributed by atoms with Crippen LogP contribution < -0.4 is 11.3 Å². The molecule has 12 nitrogen and oxygen atoms in total. The number of nitrogens with two attached hydrogens (primary N) is 1. The largest absolute Gasteiger partial charge is 0.369 e. The molecular formula is C10H12N8O4. The second-order valence-corrected chi connectivity index (χ2v) is 4.23. The van der Waals surface area contributed by atoms with Crippen molar-refractivity contribution < 1.29 is 10.3 Å². The van der Waals surface area contributed by atoms with E-state index >= 15 is 0 Å². The zero-order chi connectivity index (χ0) is 16.4. The van der Waals surface area contributed by atoms with Crippen molar-refractivity contribution in [1.82, 2.24) is 29.7 Å². The number of fused-ring (bicyclic) bond motifs is 1. The van der Waals surface area contributed by atoms with Crippen molar-refractivity contribution >= 4 is 17.1 Å². The maximum absolute atomic E-state index is 12.3. The first-order valence-electron chi connectivity index (χ1n) is 5.89. The summed E-state index contributed by atoms with van der Waals surface area (Å²) in [5.74, 6) is 0.0900. The molecule has 0 saturated carbocycles. The number of aryl methyl sites for hydroxylation is 2. The lowest BCUT2D eigenvalue weighted by atomic mass is 10.3. The molecule has 0 aliphatic carbocycles. The Labute approximate surface area is 121 Å². The van der Waals surface area contributed by atoms with Gasteiger partial charge in [-0.15, -0.1) is 10.1 Å². The predicted octanol–water partition coefficient (Wildman–Crippen LogP) is -0.317. The molecule has 12 heteroatoms. The van der Waals surface area contributed by atoms with E-state index in [-0.39, 0.29) is 11.5 Å². The minimum Gasteiger partial charge on any atom is -0.369 e. The fourth-order valence-corrected chi connectivity index (χ4v) is 1.99. The van der Waals surface area contributed by atoms with Crippen LogP contribution in [0, 0.1) is 24.0 Å². The third-order valence-corrected chi connectivity index (χ3v) is 2.80. The van der Waals surface area contributed by atoms with Gasteiger partial charge in [0.05, 0.1) is 23.4 Å². The molecule has 0 atom stereocenters. The summed E-state index contributed by atoms with van der Waals surface area (Å²) in [5.41, 5.74) is 8.24. The van der Waals surface area contributed by atoms with Crippen molar-refractivity contribution in [2.45, 2.75) is 13.8 Å². The Bertz CT molecular complexity index is 869. The Morgan fingerprint density at radius 1 is 1.45 bits per heavy atom. The van der Waals surface area contributed by atoms with Gasteiger partial charge in [0.15, 0.2) is 11.2 Å².